The molecule has 0 bridgehead atoms. The fourth-order valence-corrected chi connectivity index (χ4v) is 3.47. The Bertz CT molecular complexity index is 1250. The van der Waals surface area contributed by atoms with E-state index in [1.165, 1.54) is 0 Å². The van der Waals surface area contributed by atoms with Gasteiger partial charge in [-0.25, -0.2) is 4.98 Å². The molecule has 28 heavy (non-hydrogen) atoms. The van der Waals surface area contributed by atoms with Gasteiger partial charge >= 0.3 is 0 Å². The van der Waals surface area contributed by atoms with Crippen molar-refractivity contribution in [3.63, 3.8) is 0 Å². The second-order valence-corrected chi connectivity index (χ2v) is 7.16. The summed E-state index contributed by atoms with van der Waals surface area (Å²) in [6.45, 7) is 0.844. The van der Waals surface area contributed by atoms with Crippen LogP contribution in [-0.4, -0.2) is 49.1 Å². The highest BCUT2D eigenvalue weighted by Gasteiger charge is 2.13. The highest BCUT2D eigenvalue weighted by Crippen LogP contribution is 2.30. The van der Waals surface area contributed by atoms with Crippen molar-refractivity contribution in [3.8, 4) is 22.5 Å². The molecule has 5 rings (SSSR count). The Balaban J connectivity index is 1.60. The Labute approximate surface area is 161 Å². The first-order chi connectivity index (χ1) is 13.7. The van der Waals surface area contributed by atoms with Crippen LogP contribution in [-0.2, 0) is 6.54 Å². The van der Waals surface area contributed by atoms with Crippen LogP contribution in [0.2, 0.25) is 0 Å². The SMILES string of the molecule is CN(C)Cc1cncc(-c2cnc3n[nH]c(-c4cc5ccncc5[nH]4)c3c2)c1. The molecule has 0 aliphatic heterocycles. The van der Waals surface area contributed by atoms with Crippen molar-refractivity contribution in [1.29, 1.82) is 0 Å². The molecule has 138 valence electrons. The molecule has 0 fully saturated rings. The van der Waals surface area contributed by atoms with Gasteiger partial charge in [-0.05, 0) is 43.9 Å². The van der Waals surface area contributed by atoms with Gasteiger partial charge in [0.1, 0.15) is 0 Å². The predicted octanol–water partition coefficient (Wildman–Crippen LogP) is 3.62. The summed E-state index contributed by atoms with van der Waals surface area (Å²) in [5.74, 6) is 0. The molecule has 0 saturated heterocycles. The highest BCUT2D eigenvalue weighted by atomic mass is 15.2. The minimum absolute atomic E-state index is 0.688. The topological polar surface area (TPSA) is 86.4 Å². The molecule has 0 aromatic carbocycles. The van der Waals surface area contributed by atoms with Crippen molar-refractivity contribution >= 4 is 21.9 Å². The molecule has 0 radical (unpaired) electrons. The molecule has 0 aliphatic carbocycles. The van der Waals surface area contributed by atoms with Crippen LogP contribution < -0.4 is 0 Å². The van der Waals surface area contributed by atoms with Crippen molar-refractivity contribution in [2.75, 3.05) is 14.1 Å². The van der Waals surface area contributed by atoms with Gasteiger partial charge in [-0.2, -0.15) is 5.10 Å². The quantitative estimate of drug-likeness (QED) is 0.505. The van der Waals surface area contributed by atoms with E-state index in [4.69, 9.17) is 0 Å². The predicted molar refractivity (Wildman–Crippen MR) is 110 cm³/mol. The van der Waals surface area contributed by atoms with Crippen LogP contribution in [0.25, 0.3) is 44.5 Å². The summed E-state index contributed by atoms with van der Waals surface area (Å²) in [5, 5.41) is 9.56. The third-order valence-corrected chi connectivity index (χ3v) is 4.73. The largest absolute Gasteiger partial charge is 0.352 e. The van der Waals surface area contributed by atoms with Crippen molar-refractivity contribution < 1.29 is 0 Å². The Morgan fingerprint density at radius 2 is 1.86 bits per heavy atom. The standard InChI is InChI=1S/C21H19N7/c1-28(2)12-13-5-15(9-23-8-13)16-6-17-20(26-27-21(17)24-10-16)18-7-14-3-4-22-11-19(14)25-18/h3-11,25H,12H2,1-2H3,(H,24,26,27). The van der Waals surface area contributed by atoms with Crippen LogP contribution in [0.1, 0.15) is 5.56 Å². The van der Waals surface area contributed by atoms with Gasteiger partial charge in [0.25, 0.3) is 0 Å². The first-order valence-corrected chi connectivity index (χ1v) is 9.03. The van der Waals surface area contributed by atoms with Gasteiger partial charge in [-0.15, -0.1) is 0 Å². The molecule has 0 amide bonds. The van der Waals surface area contributed by atoms with Crippen LogP contribution in [0.4, 0.5) is 0 Å². The smallest absolute Gasteiger partial charge is 0.181 e. The Hall–Kier alpha value is -3.58. The monoisotopic (exact) mass is 369 g/mol. The minimum Gasteiger partial charge on any atom is -0.352 e. The molecule has 2 N–H and O–H groups in total. The number of aromatic nitrogens is 6. The van der Waals surface area contributed by atoms with Gasteiger partial charge in [-0.3, -0.25) is 15.1 Å². The van der Waals surface area contributed by atoms with Crippen molar-refractivity contribution in [3.05, 3.63) is 60.8 Å². The zero-order valence-electron chi connectivity index (χ0n) is 15.6. The zero-order chi connectivity index (χ0) is 19.1. The summed E-state index contributed by atoms with van der Waals surface area (Å²) in [5.41, 5.74) is 6.78. The Morgan fingerprint density at radius 3 is 2.71 bits per heavy atom. The molecule has 5 aromatic rings. The number of pyridine rings is 3. The van der Waals surface area contributed by atoms with E-state index in [0.717, 1.165) is 50.9 Å². The van der Waals surface area contributed by atoms with Gasteiger partial charge in [0.05, 0.1) is 23.1 Å². The summed E-state index contributed by atoms with van der Waals surface area (Å²) in [6.07, 6.45) is 9.23. The second kappa shape index (κ2) is 6.54. The normalized spacial score (nSPS) is 11.7. The van der Waals surface area contributed by atoms with Crippen molar-refractivity contribution in [1.82, 2.24) is 35.0 Å². The number of fused-ring (bicyclic) bond motifs is 2. The molecule has 0 atom stereocenters. The molecule has 0 spiro atoms. The van der Waals surface area contributed by atoms with E-state index in [0.29, 0.717) is 5.65 Å². The lowest BCUT2D eigenvalue weighted by Crippen LogP contribution is -2.10. The van der Waals surface area contributed by atoms with Gasteiger partial charge < -0.3 is 9.88 Å². The van der Waals surface area contributed by atoms with Crippen LogP contribution >= 0.6 is 0 Å². The maximum Gasteiger partial charge on any atom is 0.181 e. The lowest BCUT2D eigenvalue weighted by atomic mass is 10.1. The molecule has 0 unspecified atom stereocenters. The number of nitrogens with one attached hydrogen (secondary N) is 2. The van der Waals surface area contributed by atoms with Crippen LogP contribution in [0.15, 0.2) is 55.2 Å². The third-order valence-electron chi connectivity index (χ3n) is 4.73. The fraction of sp³-hybridized carbons (Fsp3) is 0.143. The zero-order valence-corrected chi connectivity index (χ0v) is 15.6. The van der Waals surface area contributed by atoms with E-state index >= 15 is 0 Å². The van der Waals surface area contributed by atoms with Gasteiger partial charge in [0, 0.05) is 53.2 Å². The average molecular weight is 369 g/mol. The summed E-state index contributed by atoms with van der Waals surface area (Å²) in [7, 11) is 4.10. The van der Waals surface area contributed by atoms with E-state index in [1.54, 1.807) is 6.20 Å². The van der Waals surface area contributed by atoms with Crippen molar-refractivity contribution in [2.45, 2.75) is 6.54 Å². The van der Waals surface area contributed by atoms with Crippen molar-refractivity contribution in [2.24, 2.45) is 0 Å². The van der Waals surface area contributed by atoms with Crippen LogP contribution in [0.5, 0.6) is 0 Å². The van der Waals surface area contributed by atoms with E-state index < -0.39 is 0 Å². The van der Waals surface area contributed by atoms with E-state index in [2.05, 4.69) is 53.2 Å². The van der Waals surface area contributed by atoms with Crippen LogP contribution in [0, 0.1) is 0 Å². The molecule has 7 nitrogen and oxygen atoms in total. The first kappa shape index (κ1) is 16.6. The van der Waals surface area contributed by atoms with E-state index in [-0.39, 0.29) is 0 Å². The molecule has 0 saturated carbocycles. The molecule has 7 heteroatoms. The molecular weight excluding hydrogens is 350 g/mol. The van der Waals surface area contributed by atoms with Crippen LogP contribution in [0.3, 0.4) is 0 Å². The number of hydrogen-bond acceptors (Lipinski definition) is 5. The molecule has 0 aliphatic rings. The lowest BCUT2D eigenvalue weighted by Gasteiger charge is -2.10. The van der Waals surface area contributed by atoms with Gasteiger partial charge in [0.2, 0.25) is 0 Å². The third kappa shape index (κ3) is 2.91. The van der Waals surface area contributed by atoms with Gasteiger partial charge in [-0.1, -0.05) is 0 Å². The van der Waals surface area contributed by atoms with Gasteiger partial charge in [0.15, 0.2) is 5.65 Å². The molecular formula is C21H19N7. The lowest BCUT2D eigenvalue weighted by molar-refractivity contribution is 0.402. The summed E-state index contributed by atoms with van der Waals surface area (Å²) in [6, 6.07) is 8.35. The number of aromatic amines is 2. The minimum atomic E-state index is 0.688. The number of nitrogens with zero attached hydrogens (tertiary/aromatic N) is 5. The Morgan fingerprint density at radius 1 is 0.964 bits per heavy atom. The van der Waals surface area contributed by atoms with E-state index in [9.17, 15) is 0 Å². The van der Waals surface area contributed by atoms with E-state index in [1.807, 2.05) is 44.9 Å². The number of hydrogen-bond donors (Lipinski definition) is 2. The summed E-state index contributed by atoms with van der Waals surface area (Å²) >= 11 is 0. The summed E-state index contributed by atoms with van der Waals surface area (Å²) < 4.78 is 0. The summed E-state index contributed by atoms with van der Waals surface area (Å²) in [4.78, 5) is 18.6. The average Bonchev–Trinajstić information content (AvgIpc) is 3.30. The number of rotatable bonds is 4. The first-order valence-electron chi connectivity index (χ1n) is 9.03. The second-order valence-electron chi connectivity index (χ2n) is 7.16. The fourth-order valence-electron chi connectivity index (χ4n) is 3.47. The molecule has 5 aromatic heterocycles. The Kier molecular flexibility index (Phi) is 3.87. The number of H-pyrrole nitrogens is 2. The maximum absolute atomic E-state index is 4.54. The highest BCUT2D eigenvalue weighted by molar-refractivity contribution is 5.95. The molecule has 5 heterocycles. The maximum atomic E-state index is 4.54.